The van der Waals surface area contributed by atoms with Crippen LogP contribution in [0.3, 0.4) is 0 Å². The van der Waals surface area contributed by atoms with Gasteiger partial charge in [-0.05, 0) is 19.1 Å². The first kappa shape index (κ1) is 11.0. The second kappa shape index (κ2) is 4.14. The van der Waals surface area contributed by atoms with E-state index >= 15 is 0 Å². The molecule has 2 rings (SSSR count). The van der Waals surface area contributed by atoms with Crippen LogP contribution in [0.25, 0.3) is 10.9 Å². The standard InChI is InChI=1S/C11H11ClN2O2/c1-3-16-11(15)8-6-7-4-5-13-10(12)9(7)14(8)2/h4-6H,3H2,1-2H3. The summed E-state index contributed by atoms with van der Waals surface area (Å²) in [6.07, 6.45) is 1.61. The summed E-state index contributed by atoms with van der Waals surface area (Å²) >= 11 is 5.97. The molecule has 0 saturated carbocycles. The number of hydrogen-bond donors (Lipinski definition) is 0. The number of hydrogen-bond acceptors (Lipinski definition) is 3. The van der Waals surface area contributed by atoms with E-state index in [-0.39, 0.29) is 5.97 Å². The van der Waals surface area contributed by atoms with Gasteiger partial charge < -0.3 is 9.30 Å². The Kier molecular flexibility index (Phi) is 2.83. The maximum atomic E-state index is 11.6. The van der Waals surface area contributed by atoms with Crippen LogP contribution in [0.5, 0.6) is 0 Å². The topological polar surface area (TPSA) is 44.1 Å². The molecule has 0 atom stereocenters. The van der Waals surface area contributed by atoms with Crippen LogP contribution in [0.15, 0.2) is 18.3 Å². The van der Waals surface area contributed by atoms with Crippen molar-refractivity contribution in [3.8, 4) is 0 Å². The average molecular weight is 239 g/mol. The Bertz CT molecular complexity index is 548. The number of aromatic nitrogens is 2. The maximum absolute atomic E-state index is 11.6. The number of pyridine rings is 1. The Morgan fingerprint density at radius 2 is 2.38 bits per heavy atom. The van der Waals surface area contributed by atoms with Crippen molar-refractivity contribution in [1.29, 1.82) is 0 Å². The third-order valence-electron chi connectivity index (χ3n) is 2.38. The molecule has 0 aliphatic rings. The van der Waals surface area contributed by atoms with Gasteiger partial charge in [-0.25, -0.2) is 9.78 Å². The van der Waals surface area contributed by atoms with Gasteiger partial charge in [0.05, 0.1) is 12.1 Å². The van der Waals surface area contributed by atoms with Crippen LogP contribution in [0.4, 0.5) is 0 Å². The van der Waals surface area contributed by atoms with Crippen LogP contribution in [-0.4, -0.2) is 22.1 Å². The molecule has 0 aromatic carbocycles. The monoisotopic (exact) mass is 238 g/mol. The summed E-state index contributed by atoms with van der Waals surface area (Å²) in [6, 6.07) is 3.56. The molecular formula is C11H11ClN2O2. The van der Waals surface area contributed by atoms with E-state index in [1.807, 2.05) is 6.07 Å². The van der Waals surface area contributed by atoms with Gasteiger partial charge in [0.2, 0.25) is 0 Å². The van der Waals surface area contributed by atoms with Crippen molar-refractivity contribution < 1.29 is 9.53 Å². The van der Waals surface area contributed by atoms with Crippen molar-refractivity contribution in [3.63, 3.8) is 0 Å². The maximum Gasteiger partial charge on any atom is 0.354 e. The molecule has 2 heterocycles. The first-order valence-corrected chi connectivity index (χ1v) is 5.30. The van der Waals surface area contributed by atoms with Gasteiger partial charge in [-0.2, -0.15) is 0 Å². The van der Waals surface area contributed by atoms with Gasteiger partial charge in [0.25, 0.3) is 0 Å². The van der Waals surface area contributed by atoms with Gasteiger partial charge in [-0.3, -0.25) is 0 Å². The summed E-state index contributed by atoms with van der Waals surface area (Å²) in [5, 5.41) is 1.26. The third-order valence-corrected chi connectivity index (χ3v) is 2.66. The van der Waals surface area contributed by atoms with Gasteiger partial charge in [-0.15, -0.1) is 0 Å². The molecular weight excluding hydrogens is 228 g/mol. The van der Waals surface area contributed by atoms with Crippen LogP contribution in [0.2, 0.25) is 5.15 Å². The number of aryl methyl sites for hydroxylation is 1. The average Bonchev–Trinajstić information content (AvgIpc) is 2.58. The Morgan fingerprint density at radius 1 is 1.62 bits per heavy atom. The molecule has 0 spiro atoms. The zero-order valence-corrected chi connectivity index (χ0v) is 9.78. The molecule has 4 nitrogen and oxygen atoms in total. The first-order chi connectivity index (χ1) is 7.65. The molecule has 0 amide bonds. The van der Waals surface area contributed by atoms with E-state index in [0.29, 0.717) is 17.5 Å². The number of nitrogens with zero attached hydrogens (tertiary/aromatic N) is 2. The van der Waals surface area contributed by atoms with Gasteiger partial charge in [0.1, 0.15) is 5.69 Å². The summed E-state index contributed by atoms with van der Waals surface area (Å²) in [5.41, 5.74) is 1.22. The molecule has 0 bridgehead atoms. The summed E-state index contributed by atoms with van der Waals surface area (Å²) in [6.45, 7) is 2.13. The van der Waals surface area contributed by atoms with Crippen molar-refractivity contribution in [3.05, 3.63) is 29.2 Å². The first-order valence-electron chi connectivity index (χ1n) is 4.92. The van der Waals surface area contributed by atoms with E-state index in [2.05, 4.69) is 4.98 Å². The molecule has 0 saturated heterocycles. The van der Waals surface area contributed by atoms with Crippen LogP contribution >= 0.6 is 11.6 Å². The van der Waals surface area contributed by atoms with E-state index in [0.717, 1.165) is 10.9 Å². The lowest BCUT2D eigenvalue weighted by Crippen LogP contribution is -2.09. The molecule has 16 heavy (non-hydrogen) atoms. The summed E-state index contributed by atoms with van der Waals surface area (Å²) in [5.74, 6) is -0.350. The molecule has 84 valence electrons. The SMILES string of the molecule is CCOC(=O)c1cc2ccnc(Cl)c2n1C. The van der Waals surface area contributed by atoms with E-state index in [4.69, 9.17) is 16.3 Å². The quantitative estimate of drug-likeness (QED) is 0.596. The highest BCUT2D eigenvalue weighted by Gasteiger charge is 2.15. The highest BCUT2D eigenvalue weighted by molar-refractivity contribution is 6.34. The van der Waals surface area contributed by atoms with Crippen molar-refractivity contribution in [2.45, 2.75) is 6.92 Å². The predicted molar refractivity (Wildman–Crippen MR) is 61.7 cm³/mol. The van der Waals surface area contributed by atoms with Gasteiger partial charge in [-0.1, -0.05) is 11.6 Å². The van der Waals surface area contributed by atoms with Crippen LogP contribution < -0.4 is 0 Å². The van der Waals surface area contributed by atoms with Gasteiger partial charge >= 0.3 is 5.97 Å². The molecule has 0 radical (unpaired) electrons. The molecule has 2 aromatic heterocycles. The van der Waals surface area contributed by atoms with E-state index < -0.39 is 0 Å². The summed E-state index contributed by atoms with van der Waals surface area (Å²) in [7, 11) is 1.77. The lowest BCUT2D eigenvalue weighted by molar-refractivity contribution is 0.0516. The minimum atomic E-state index is -0.350. The Morgan fingerprint density at radius 3 is 3.00 bits per heavy atom. The second-order valence-corrected chi connectivity index (χ2v) is 3.71. The Labute approximate surface area is 97.8 Å². The number of rotatable bonds is 2. The number of fused-ring (bicyclic) bond motifs is 1. The Hall–Kier alpha value is -1.55. The molecule has 0 fully saturated rings. The van der Waals surface area contributed by atoms with E-state index in [1.165, 1.54) is 0 Å². The molecule has 5 heteroatoms. The highest BCUT2D eigenvalue weighted by atomic mass is 35.5. The second-order valence-electron chi connectivity index (χ2n) is 3.35. The minimum Gasteiger partial charge on any atom is -0.461 e. The third kappa shape index (κ3) is 1.65. The fraction of sp³-hybridized carbons (Fsp3) is 0.273. The highest BCUT2D eigenvalue weighted by Crippen LogP contribution is 2.24. The number of carbonyl (C=O) groups excluding carboxylic acids is 1. The summed E-state index contributed by atoms with van der Waals surface area (Å²) in [4.78, 5) is 15.6. The van der Waals surface area contributed by atoms with Gasteiger partial charge in [0, 0.05) is 18.6 Å². The smallest absolute Gasteiger partial charge is 0.354 e. The number of esters is 1. The van der Waals surface area contributed by atoms with E-state index in [1.54, 1.807) is 30.8 Å². The molecule has 0 aliphatic heterocycles. The van der Waals surface area contributed by atoms with Crippen molar-refractivity contribution in [2.75, 3.05) is 6.61 Å². The molecule has 0 aliphatic carbocycles. The summed E-state index contributed by atoms with van der Waals surface area (Å²) < 4.78 is 6.65. The van der Waals surface area contributed by atoms with E-state index in [9.17, 15) is 4.79 Å². The zero-order chi connectivity index (χ0) is 11.7. The minimum absolute atomic E-state index is 0.350. The Balaban J connectivity index is 2.61. The van der Waals surface area contributed by atoms with Crippen molar-refractivity contribution in [2.24, 2.45) is 7.05 Å². The fourth-order valence-electron chi connectivity index (χ4n) is 1.66. The van der Waals surface area contributed by atoms with Crippen LogP contribution in [0, 0.1) is 0 Å². The van der Waals surface area contributed by atoms with Gasteiger partial charge in [0.15, 0.2) is 5.15 Å². The molecule has 0 unspecified atom stereocenters. The lowest BCUT2D eigenvalue weighted by Gasteiger charge is -2.03. The predicted octanol–water partition coefficient (Wildman–Crippen LogP) is 2.40. The lowest BCUT2D eigenvalue weighted by atomic mass is 10.3. The zero-order valence-electron chi connectivity index (χ0n) is 9.03. The van der Waals surface area contributed by atoms with Crippen molar-refractivity contribution >= 4 is 28.5 Å². The van der Waals surface area contributed by atoms with Crippen molar-refractivity contribution in [1.82, 2.24) is 9.55 Å². The van der Waals surface area contributed by atoms with Crippen LogP contribution in [-0.2, 0) is 11.8 Å². The molecule has 2 aromatic rings. The number of halogens is 1. The van der Waals surface area contributed by atoms with Crippen LogP contribution in [0.1, 0.15) is 17.4 Å². The largest absolute Gasteiger partial charge is 0.461 e. The normalized spacial score (nSPS) is 10.7. The number of ether oxygens (including phenoxy) is 1. The molecule has 0 N–H and O–H groups in total. The fourth-order valence-corrected chi connectivity index (χ4v) is 1.95. The number of carbonyl (C=O) groups is 1.